The molecule has 14 heteroatoms. The van der Waals surface area contributed by atoms with Gasteiger partial charge in [0.05, 0.1) is 23.5 Å². The Labute approximate surface area is 331 Å². The van der Waals surface area contributed by atoms with E-state index in [4.69, 9.17) is 15.2 Å². The second-order valence-corrected chi connectivity index (χ2v) is 17.3. The maximum absolute atomic E-state index is 13.9. The first-order valence-corrected chi connectivity index (χ1v) is 19.5. The fourth-order valence-corrected chi connectivity index (χ4v) is 6.96. The predicted octanol–water partition coefficient (Wildman–Crippen LogP) is 4.74. The molecule has 0 radical (unpaired) electrons. The van der Waals surface area contributed by atoms with Gasteiger partial charge >= 0.3 is 5.97 Å². The van der Waals surface area contributed by atoms with Crippen LogP contribution in [0.1, 0.15) is 93.1 Å². The zero-order chi connectivity index (χ0) is 41.3. The minimum absolute atomic E-state index is 0.00301. The molecule has 4 rings (SSSR count). The second-order valence-electron chi connectivity index (χ2n) is 17.3. The molecule has 3 amide bonds. The predicted molar refractivity (Wildman–Crippen MR) is 217 cm³/mol. The number of anilines is 1. The fraction of sp³-hybridized carbons (Fsp3) is 0.571. The van der Waals surface area contributed by atoms with Gasteiger partial charge in [-0.25, -0.2) is 4.68 Å². The van der Waals surface area contributed by atoms with Gasteiger partial charge in [0.1, 0.15) is 18.8 Å². The van der Waals surface area contributed by atoms with Crippen LogP contribution >= 0.6 is 0 Å². The summed E-state index contributed by atoms with van der Waals surface area (Å²) < 4.78 is 13.1. The summed E-state index contributed by atoms with van der Waals surface area (Å²) in [5.74, 6) is -0.925. The summed E-state index contributed by atoms with van der Waals surface area (Å²) in [5.41, 5.74) is 8.33. The fourth-order valence-electron chi connectivity index (χ4n) is 6.96. The summed E-state index contributed by atoms with van der Waals surface area (Å²) in [6.45, 7) is 17.2. The summed E-state index contributed by atoms with van der Waals surface area (Å²) in [6, 6.07) is 15.1. The van der Waals surface area contributed by atoms with Crippen LogP contribution in [-0.2, 0) is 41.7 Å². The molecule has 0 spiro atoms. The highest BCUT2D eigenvalue weighted by Crippen LogP contribution is 2.41. The van der Waals surface area contributed by atoms with Gasteiger partial charge in [-0.05, 0) is 79.5 Å². The van der Waals surface area contributed by atoms with E-state index in [2.05, 4.69) is 26.3 Å². The zero-order valence-corrected chi connectivity index (χ0v) is 34.7. The van der Waals surface area contributed by atoms with E-state index in [1.165, 1.54) is 0 Å². The SMILES string of the molecule is CNCCOC(=O)Cn1nnc2c1-c1ccccc1CN(C(=O)CCC(=O)NCCC(C)(C)OCCC(C)(C)C(=O)NC(C)(C)CC(C)(C)N)c1ccccc1-2. The lowest BCUT2D eigenvalue weighted by Gasteiger charge is -2.36. The van der Waals surface area contributed by atoms with Crippen LogP contribution in [0.25, 0.3) is 22.5 Å². The number of nitrogens with zero attached hydrogens (tertiary/aromatic N) is 4. The third-order valence-corrected chi connectivity index (χ3v) is 9.78. The Morgan fingerprint density at radius 3 is 2.23 bits per heavy atom. The topological polar surface area (TPSA) is 183 Å². The Morgan fingerprint density at radius 1 is 0.857 bits per heavy atom. The molecule has 0 fully saturated rings. The van der Waals surface area contributed by atoms with E-state index in [9.17, 15) is 19.2 Å². The first-order chi connectivity index (χ1) is 26.2. The molecule has 2 aromatic carbocycles. The molecule has 5 N–H and O–H groups in total. The number of aromatic nitrogens is 3. The molecule has 0 bridgehead atoms. The molecule has 1 aliphatic rings. The molecule has 14 nitrogen and oxygen atoms in total. The van der Waals surface area contributed by atoms with E-state index >= 15 is 0 Å². The average molecular weight is 775 g/mol. The van der Waals surface area contributed by atoms with Crippen LogP contribution in [0, 0.1) is 5.41 Å². The van der Waals surface area contributed by atoms with Gasteiger partial charge in [0.15, 0.2) is 0 Å². The van der Waals surface area contributed by atoms with Crippen molar-refractivity contribution < 1.29 is 28.7 Å². The summed E-state index contributed by atoms with van der Waals surface area (Å²) in [7, 11) is 1.78. The minimum atomic E-state index is -0.648. The number of carbonyl (C=O) groups excluding carboxylic acids is 4. The minimum Gasteiger partial charge on any atom is -0.463 e. The van der Waals surface area contributed by atoms with E-state index in [0.717, 1.165) is 11.1 Å². The van der Waals surface area contributed by atoms with E-state index < -0.39 is 28.1 Å². The van der Waals surface area contributed by atoms with Gasteiger partial charge in [0.25, 0.3) is 0 Å². The van der Waals surface area contributed by atoms with Crippen LogP contribution in [0.5, 0.6) is 0 Å². The Bertz CT molecular complexity index is 1840. The Kier molecular flexibility index (Phi) is 14.6. The lowest BCUT2D eigenvalue weighted by molar-refractivity contribution is -0.144. The van der Waals surface area contributed by atoms with Gasteiger partial charge in [0.2, 0.25) is 17.7 Å². The molecule has 1 aromatic heterocycles. The number of nitrogens with two attached hydrogens (primary N) is 1. The number of fused-ring (bicyclic) bond motifs is 5. The van der Waals surface area contributed by atoms with Gasteiger partial charge in [-0.1, -0.05) is 61.5 Å². The van der Waals surface area contributed by atoms with Gasteiger partial charge in [-0.3, -0.25) is 19.2 Å². The molecule has 0 saturated carbocycles. The molecule has 0 unspecified atom stereocenters. The van der Waals surface area contributed by atoms with Gasteiger partial charge < -0.3 is 36.1 Å². The highest BCUT2D eigenvalue weighted by Gasteiger charge is 2.35. The number of carbonyl (C=O) groups is 4. The normalized spacial score (nSPS) is 13.1. The number of benzene rings is 2. The van der Waals surface area contributed by atoms with Gasteiger partial charge in [-0.2, -0.15) is 0 Å². The van der Waals surface area contributed by atoms with Crippen LogP contribution in [0.15, 0.2) is 48.5 Å². The molecule has 1 aliphatic heterocycles. The lowest BCUT2D eigenvalue weighted by Crippen LogP contribution is -2.53. The Balaban J connectivity index is 1.34. The van der Waals surface area contributed by atoms with Crippen LogP contribution in [0.4, 0.5) is 5.69 Å². The van der Waals surface area contributed by atoms with Crippen molar-refractivity contribution in [2.24, 2.45) is 11.1 Å². The molecular weight excluding hydrogens is 713 g/mol. The second kappa shape index (κ2) is 18.5. The monoisotopic (exact) mass is 774 g/mol. The standard InChI is InChI=1S/C42H62N8O6/c1-39(2,38(54)46-41(5,6)28-40(3,4)43)21-24-56-42(7,8)20-22-45-33(51)18-19-34(52)49-26-29-14-10-11-15-30(29)37-36(31-16-12-13-17-32(31)49)47-48-50(37)27-35(53)55-25-23-44-9/h10-17,44H,18-28,43H2,1-9H3,(H,45,51)(H,46,54). The summed E-state index contributed by atoms with van der Waals surface area (Å²) in [4.78, 5) is 54.4. The van der Waals surface area contributed by atoms with Crippen molar-refractivity contribution >= 4 is 29.4 Å². The van der Waals surface area contributed by atoms with E-state index in [0.29, 0.717) is 61.6 Å². The van der Waals surface area contributed by atoms with Gasteiger partial charge in [0, 0.05) is 60.2 Å². The van der Waals surface area contributed by atoms with E-state index in [1.54, 1.807) is 16.6 Å². The number of hydrogen-bond acceptors (Lipinski definition) is 10. The van der Waals surface area contributed by atoms with Crippen molar-refractivity contribution in [3.63, 3.8) is 0 Å². The molecule has 3 aromatic rings. The summed E-state index contributed by atoms with van der Waals surface area (Å²) >= 11 is 0. The van der Waals surface area contributed by atoms with Gasteiger partial charge in [-0.15, -0.1) is 5.10 Å². The first kappa shape index (κ1) is 44.1. The van der Waals surface area contributed by atoms with Crippen molar-refractivity contribution in [1.82, 2.24) is 30.9 Å². The number of hydrogen-bond donors (Lipinski definition) is 4. The van der Waals surface area contributed by atoms with Crippen molar-refractivity contribution in [3.8, 4) is 22.5 Å². The first-order valence-electron chi connectivity index (χ1n) is 19.5. The van der Waals surface area contributed by atoms with Crippen LogP contribution in [0.2, 0.25) is 0 Å². The summed E-state index contributed by atoms with van der Waals surface area (Å²) in [5, 5.41) is 17.9. The van der Waals surface area contributed by atoms with Crippen LogP contribution in [-0.4, -0.2) is 88.7 Å². The smallest absolute Gasteiger partial charge is 0.327 e. The molecule has 2 heterocycles. The number of rotatable bonds is 19. The van der Waals surface area contributed by atoms with Crippen LogP contribution < -0.4 is 26.6 Å². The molecule has 0 atom stereocenters. The Morgan fingerprint density at radius 2 is 1.54 bits per heavy atom. The molecular formula is C42H62N8O6. The van der Waals surface area contributed by atoms with Crippen molar-refractivity contribution in [2.75, 3.05) is 38.3 Å². The number of amides is 3. The third-order valence-electron chi connectivity index (χ3n) is 9.78. The van der Waals surface area contributed by atoms with E-state index in [1.807, 2.05) is 104 Å². The average Bonchev–Trinajstić information content (AvgIpc) is 3.49. The number of likely N-dealkylation sites (N-methyl/N-ethyl adjacent to an activating group) is 1. The summed E-state index contributed by atoms with van der Waals surface area (Å²) in [6.07, 6.45) is 1.71. The van der Waals surface area contributed by atoms with Crippen molar-refractivity contribution in [3.05, 3.63) is 54.1 Å². The quantitative estimate of drug-likeness (QED) is 0.0981. The van der Waals surface area contributed by atoms with Crippen molar-refractivity contribution in [2.45, 2.75) is 117 Å². The number of nitrogens with one attached hydrogen (secondary N) is 3. The van der Waals surface area contributed by atoms with Crippen molar-refractivity contribution in [1.29, 1.82) is 0 Å². The third kappa shape index (κ3) is 12.4. The Hall–Kier alpha value is -4.66. The molecule has 56 heavy (non-hydrogen) atoms. The molecule has 306 valence electrons. The maximum atomic E-state index is 13.9. The number of esters is 1. The highest BCUT2D eigenvalue weighted by molar-refractivity contribution is 6.01. The lowest BCUT2D eigenvalue weighted by atomic mass is 9.84. The highest BCUT2D eigenvalue weighted by atomic mass is 16.5. The largest absolute Gasteiger partial charge is 0.463 e. The van der Waals surface area contributed by atoms with Crippen LogP contribution in [0.3, 0.4) is 0 Å². The molecule has 0 aliphatic carbocycles. The zero-order valence-electron chi connectivity index (χ0n) is 34.7. The number of para-hydroxylation sites is 1. The number of ether oxygens (including phenoxy) is 2. The molecule has 0 saturated heterocycles. The maximum Gasteiger partial charge on any atom is 0.327 e. The van der Waals surface area contributed by atoms with E-state index in [-0.39, 0.29) is 50.3 Å².